The first-order chi connectivity index (χ1) is 11.7. The molecule has 0 amide bonds. The van der Waals surface area contributed by atoms with Gasteiger partial charge in [-0.1, -0.05) is 42.5 Å². The van der Waals surface area contributed by atoms with E-state index in [1.165, 1.54) is 22.3 Å². The van der Waals surface area contributed by atoms with Crippen molar-refractivity contribution in [2.75, 3.05) is 26.2 Å². The summed E-state index contributed by atoms with van der Waals surface area (Å²) in [6, 6.07) is 14.6. The van der Waals surface area contributed by atoms with E-state index in [1.807, 2.05) is 0 Å². The molecule has 2 aromatic carbocycles. The lowest BCUT2D eigenvalue weighted by Gasteiger charge is -2.35. The second kappa shape index (κ2) is 7.81. The van der Waals surface area contributed by atoms with Crippen LogP contribution in [0.15, 0.2) is 42.5 Å². The van der Waals surface area contributed by atoms with Gasteiger partial charge >= 0.3 is 0 Å². The molecule has 2 aliphatic rings. The van der Waals surface area contributed by atoms with E-state index >= 15 is 0 Å². The van der Waals surface area contributed by atoms with Crippen molar-refractivity contribution < 1.29 is 8.78 Å². The third kappa shape index (κ3) is 3.71. The highest BCUT2D eigenvalue weighted by atomic mass is 35.5. The zero-order valence-corrected chi connectivity index (χ0v) is 14.9. The quantitative estimate of drug-likeness (QED) is 0.743. The van der Waals surface area contributed by atoms with Crippen LogP contribution < -0.4 is 5.32 Å². The molecule has 134 valence electrons. The number of nitrogens with zero attached hydrogens (tertiary/aromatic N) is 1. The Morgan fingerprint density at radius 1 is 0.960 bits per heavy atom. The van der Waals surface area contributed by atoms with Crippen LogP contribution in [0.4, 0.5) is 8.78 Å². The third-order valence-electron chi connectivity index (χ3n) is 5.20. The maximum Gasteiger partial charge on any atom is 0.240 e. The predicted octanol–water partition coefficient (Wildman–Crippen LogP) is 4.28. The minimum Gasteiger partial charge on any atom is -0.314 e. The molecule has 0 saturated carbocycles. The zero-order valence-electron chi connectivity index (χ0n) is 14.1. The molecular weight excluding hydrogens is 342 g/mol. The van der Waals surface area contributed by atoms with E-state index < -0.39 is 6.43 Å². The van der Waals surface area contributed by atoms with E-state index in [0.29, 0.717) is 0 Å². The van der Waals surface area contributed by atoms with Gasteiger partial charge in [0.15, 0.2) is 0 Å². The van der Waals surface area contributed by atoms with Crippen LogP contribution in [-0.4, -0.2) is 37.5 Å². The van der Waals surface area contributed by atoms with E-state index in [2.05, 4.69) is 52.7 Å². The van der Waals surface area contributed by atoms with Gasteiger partial charge in [-0.15, -0.1) is 12.4 Å². The second-order valence-corrected chi connectivity index (χ2v) is 6.68. The summed E-state index contributed by atoms with van der Waals surface area (Å²) in [6.45, 7) is 3.40. The molecule has 2 aromatic rings. The number of hydrogen-bond donors (Lipinski definition) is 1. The van der Waals surface area contributed by atoms with Crippen LogP contribution in [-0.2, 0) is 6.42 Å². The number of fused-ring (bicyclic) bond motifs is 3. The second-order valence-electron chi connectivity index (χ2n) is 6.68. The Labute approximate surface area is 153 Å². The Balaban J connectivity index is 0.00000182. The molecule has 25 heavy (non-hydrogen) atoms. The van der Waals surface area contributed by atoms with Gasteiger partial charge in [-0.3, -0.25) is 4.90 Å². The summed E-state index contributed by atoms with van der Waals surface area (Å²) < 4.78 is 26.3. The molecule has 5 heteroatoms. The number of alkyl halides is 2. The van der Waals surface area contributed by atoms with Gasteiger partial charge in [-0.05, 0) is 34.2 Å². The summed E-state index contributed by atoms with van der Waals surface area (Å²) in [5.74, 6) is 0. The van der Waals surface area contributed by atoms with Crippen molar-refractivity contribution in [1.29, 1.82) is 0 Å². The molecule has 0 unspecified atom stereocenters. The Kier molecular flexibility index (Phi) is 5.72. The first-order valence-corrected chi connectivity index (χ1v) is 8.66. The minimum absolute atomic E-state index is 0. The van der Waals surface area contributed by atoms with Crippen molar-refractivity contribution >= 4 is 12.4 Å². The molecule has 1 aliphatic heterocycles. The van der Waals surface area contributed by atoms with Crippen LogP contribution in [0.5, 0.6) is 0 Å². The van der Waals surface area contributed by atoms with Crippen LogP contribution in [0, 0.1) is 0 Å². The van der Waals surface area contributed by atoms with Gasteiger partial charge in [0.1, 0.15) is 0 Å². The molecule has 1 atom stereocenters. The van der Waals surface area contributed by atoms with Gasteiger partial charge in [0.25, 0.3) is 0 Å². The summed E-state index contributed by atoms with van der Waals surface area (Å²) in [6.07, 6.45) is -1.47. The molecule has 1 aliphatic carbocycles. The maximum absolute atomic E-state index is 13.2. The predicted molar refractivity (Wildman–Crippen MR) is 99.7 cm³/mol. The van der Waals surface area contributed by atoms with Crippen LogP contribution in [0.1, 0.15) is 29.2 Å². The van der Waals surface area contributed by atoms with Crippen molar-refractivity contribution in [2.45, 2.75) is 25.3 Å². The number of halogens is 3. The fourth-order valence-electron chi connectivity index (χ4n) is 4.03. The average molecular weight is 365 g/mol. The highest BCUT2D eigenvalue weighted by molar-refractivity contribution is 5.85. The molecule has 2 nitrogen and oxygen atoms in total. The standard InChI is InChI=1S/C20H22F2N2.ClH/c21-20(22)13-19(24-9-7-23-8-10-24)15-5-6-18-16(12-15)11-14-3-1-2-4-17(14)18;/h1-6,12,19-20,23H,7-11,13H2;1H/t19-;/m0./s1. The SMILES string of the molecule is Cl.FC(F)C[C@@H](c1ccc2c(c1)Cc1ccccc1-2)N1CCNCC1. The molecule has 1 N–H and O–H groups in total. The number of rotatable bonds is 4. The van der Waals surface area contributed by atoms with Gasteiger partial charge < -0.3 is 5.32 Å². The average Bonchev–Trinajstić information content (AvgIpc) is 2.98. The van der Waals surface area contributed by atoms with Crippen molar-refractivity contribution in [1.82, 2.24) is 10.2 Å². The molecule has 1 fully saturated rings. The van der Waals surface area contributed by atoms with Crippen molar-refractivity contribution in [3.63, 3.8) is 0 Å². The van der Waals surface area contributed by atoms with E-state index in [0.717, 1.165) is 38.2 Å². The largest absolute Gasteiger partial charge is 0.314 e. The van der Waals surface area contributed by atoms with Gasteiger partial charge in [0.05, 0.1) is 0 Å². The van der Waals surface area contributed by atoms with Crippen LogP contribution in [0.3, 0.4) is 0 Å². The molecule has 1 saturated heterocycles. The zero-order chi connectivity index (χ0) is 16.5. The monoisotopic (exact) mass is 364 g/mol. The lowest BCUT2D eigenvalue weighted by molar-refractivity contribution is 0.0739. The van der Waals surface area contributed by atoms with E-state index in [4.69, 9.17) is 0 Å². The van der Waals surface area contributed by atoms with Crippen LogP contribution >= 0.6 is 12.4 Å². The van der Waals surface area contributed by atoms with Crippen molar-refractivity contribution in [3.8, 4) is 11.1 Å². The lowest BCUT2D eigenvalue weighted by atomic mass is 9.96. The smallest absolute Gasteiger partial charge is 0.240 e. The number of nitrogens with one attached hydrogen (secondary N) is 1. The first-order valence-electron chi connectivity index (χ1n) is 8.66. The van der Waals surface area contributed by atoms with Gasteiger partial charge in [-0.25, -0.2) is 8.78 Å². The highest BCUT2D eigenvalue weighted by Crippen LogP contribution is 2.39. The van der Waals surface area contributed by atoms with E-state index in [-0.39, 0.29) is 24.9 Å². The Morgan fingerprint density at radius 3 is 2.44 bits per heavy atom. The molecule has 0 radical (unpaired) electrons. The van der Waals surface area contributed by atoms with Crippen LogP contribution in [0.2, 0.25) is 0 Å². The molecule has 4 rings (SSSR count). The minimum atomic E-state index is -2.28. The number of piperazine rings is 1. The van der Waals surface area contributed by atoms with Crippen molar-refractivity contribution in [3.05, 3.63) is 59.2 Å². The fourth-order valence-corrected chi connectivity index (χ4v) is 4.03. The molecule has 1 heterocycles. The molecule has 0 aromatic heterocycles. The molecular formula is C20H23ClF2N2. The summed E-state index contributed by atoms with van der Waals surface area (Å²) in [5.41, 5.74) is 6.17. The summed E-state index contributed by atoms with van der Waals surface area (Å²) >= 11 is 0. The summed E-state index contributed by atoms with van der Waals surface area (Å²) in [5, 5.41) is 3.30. The Bertz CT molecular complexity index is 729. The van der Waals surface area contributed by atoms with Crippen molar-refractivity contribution in [2.24, 2.45) is 0 Å². The summed E-state index contributed by atoms with van der Waals surface area (Å²) in [7, 11) is 0. The van der Waals surface area contributed by atoms with E-state index in [1.54, 1.807) is 0 Å². The Morgan fingerprint density at radius 2 is 1.68 bits per heavy atom. The first kappa shape index (κ1) is 18.3. The molecule has 0 bridgehead atoms. The lowest BCUT2D eigenvalue weighted by Crippen LogP contribution is -2.45. The Hall–Kier alpha value is -1.49. The topological polar surface area (TPSA) is 15.3 Å². The number of benzene rings is 2. The summed E-state index contributed by atoms with van der Waals surface area (Å²) in [4.78, 5) is 2.20. The maximum atomic E-state index is 13.2. The van der Waals surface area contributed by atoms with Crippen LogP contribution in [0.25, 0.3) is 11.1 Å². The van der Waals surface area contributed by atoms with Gasteiger partial charge in [0.2, 0.25) is 6.43 Å². The van der Waals surface area contributed by atoms with E-state index in [9.17, 15) is 8.78 Å². The van der Waals surface area contributed by atoms with Gasteiger partial charge in [-0.2, -0.15) is 0 Å². The third-order valence-corrected chi connectivity index (χ3v) is 5.20. The fraction of sp³-hybridized carbons (Fsp3) is 0.400. The highest BCUT2D eigenvalue weighted by Gasteiger charge is 2.27. The normalized spacial score (nSPS) is 17.7. The number of hydrogen-bond acceptors (Lipinski definition) is 2. The van der Waals surface area contributed by atoms with Gasteiger partial charge in [0, 0.05) is 38.6 Å². The molecule has 0 spiro atoms.